The van der Waals surface area contributed by atoms with E-state index in [0.29, 0.717) is 13.1 Å². The third-order valence-electron chi connectivity index (χ3n) is 1.46. The van der Waals surface area contributed by atoms with Crippen molar-refractivity contribution in [3.63, 3.8) is 0 Å². The first kappa shape index (κ1) is 11.0. The molecule has 0 heterocycles. The highest BCUT2D eigenvalue weighted by atomic mass is 16.2. The van der Waals surface area contributed by atoms with Crippen molar-refractivity contribution in [2.24, 2.45) is 0 Å². The van der Waals surface area contributed by atoms with Crippen molar-refractivity contribution in [1.82, 2.24) is 10.2 Å². The van der Waals surface area contributed by atoms with Crippen LogP contribution in [-0.4, -0.2) is 37.5 Å². The van der Waals surface area contributed by atoms with Gasteiger partial charge in [-0.15, -0.1) is 6.42 Å². The van der Waals surface area contributed by atoms with E-state index in [1.807, 2.05) is 6.92 Å². The van der Waals surface area contributed by atoms with Gasteiger partial charge < -0.3 is 10.2 Å². The zero-order valence-corrected chi connectivity index (χ0v) is 7.76. The first-order chi connectivity index (χ1) is 5.76. The van der Waals surface area contributed by atoms with E-state index in [2.05, 4.69) is 11.2 Å². The van der Waals surface area contributed by atoms with Crippen molar-refractivity contribution in [2.75, 3.05) is 26.7 Å². The minimum absolute atomic E-state index is 0.0669. The minimum atomic E-state index is 0.0669. The Balaban J connectivity index is 3.92. The van der Waals surface area contributed by atoms with Crippen molar-refractivity contribution < 1.29 is 4.79 Å². The molecule has 3 nitrogen and oxygen atoms in total. The van der Waals surface area contributed by atoms with Crippen molar-refractivity contribution in [3.8, 4) is 12.3 Å². The number of hydrogen-bond donors (Lipinski definition) is 1. The molecule has 1 amide bonds. The van der Waals surface area contributed by atoms with Gasteiger partial charge in [0.25, 0.3) is 0 Å². The van der Waals surface area contributed by atoms with Gasteiger partial charge in [-0.05, 0) is 13.5 Å². The summed E-state index contributed by atoms with van der Waals surface area (Å²) in [5.74, 6) is 2.54. The highest BCUT2D eigenvalue weighted by Crippen LogP contribution is 1.90. The van der Waals surface area contributed by atoms with Gasteiger partial charge in [0.15, 0.2) is 0 Å². The molecule has 0 aliphatic rings. The van der Waals surface area contributed by atoms with Gasteiger partial charge in [0.2, 0.25) is 5.91 Å². The number of hydrogen-bond acceptors (Lipinski definition) is 2. The quantitative estimate of drug-likeness (QED) is 0.589. The third-order valence-corrected chi connectivity index (χ3v) is 1.46. The minimum Gasteiger partial charge on any atom is -0.330 e. The molecule has 0 aliphatic heterocycles. The van der Waals surface area contributed by atoms with Crippen molar-refractivity contribution in [3.05, 3.63) is 0 Å². The number of terminal acetylenes is 1. The average Bonchev–Trinajstić information content (AvgIpc) is 2.04. The number of carbonyl (C=O) groups excluding carboxylic acids is 1. The highest BCUT2D eigenvalue weighted by Gasteiger charge is 2.08. The number of rotatable bonds is 5. The van der Waals surface area contributed by atoms with Crippen LogP contribution in [0.5, 0.6) is 0 Å². The second kappa shape index (κ2) is 6.68. The molecule has 0 saturated carbocycles. The summed E-state index contributed by atoms with van der Waals surface area (Å²) in [4.78, 5) is 13.0. The summed E-state index contributed by atoms with van der Waals surface area (Å²) in [5, 5.41) is 2.80. The fraction of sp³-hybridized carbons (Fsp3) is 0.667. The van der Waals surface area contributed by atoms with Gasteiger partial charge in [-0.2, -0.15) is 0 Å². The smallest absolute Gasteiger partial charge is 0.237 e. The van der Waals surface area contributed by atoms with Gasteiger partial charge in [-0.1, -0.05) is 12.8 Å². The Morgan fingerprint density at radius 1 is 1.67 bits per heavy atom. The van der Waals surface area contributed by atoms with Crippen LogP contribution in [0.4, 0.5) is 0 Å². The molecular weight excluding hydrogens is 152 g/mol. The predicted octanol–water partition coefficient (Wildman–Crippen LogP) is 0.0776. The zero-order valence-electron chi connectivity index (χ0n) is 7.76. The van der Waals surface area contributed by atoms with Crippen LogP contribution in [0.2, 0.25) is 0 Å². The van der Waals surface area contributed by atoms with Crippen LogP contribution in [0.25, 0.3) is 0 Å². The van der Waals surface area contributed by atoms with Gasteiger partial charge >= 0.3 is 0 Å². The summed E-state index contributed by atoms with van der Waals surface area (Å²) >= 11 is 0. The summed E-state index contributed by atoms with van der Waals surface area (Å²) in [6, 6.07) is 0. The van der Waals surface area contributed by atoms with Gasteiger partial charge in [0, 0.05) is 6.54 Å². The fourth-order valence-electron chi connectivity index (χ4n) is 0.935. The van der Waals surface area contributed by atoms with Crippen molar-refractivity contribution >= 4 is 5.91 Å². The maximum atomic E-state index is 11.3. The summed E-state index contributed by atoms with van der Waals surface area (Å²) < 4.78 is 0. The molecule has 1 N–H and O–H groups in total. The van der Waals surface area contributed by atoms with Crippen LogP contribution in [0.1, 0.15) is 13.3 Å². The molecule has 0 aromatic heterocycles. The molecule has 12 heavy (non-hydrogen) atoms. The Kier molecular flexibility index (Phi) is 6.12. The predicted molar refractivity (Wildman–Crippen MR) is 49.6 cm³/mol. The van der Waals surface area contributed by atoms with Gasteiger partial charge in [0.1, 0.15) is 0 Å². The van der Waals surface area contributed by atoms with Crippen LogP contribution in [-0.2, 0) is 4.79 Å². The van der Waals surface area contributed by atoms with Crippen LogP contribution >= 0.6 is 0 Å². The van der Waals surface area contributed by atoms with E-state index in [-0.39, 0.29) is 5.91 Å². The molecule has 3 heteroatoms. The number of likely N-dealkylation sites (N-methyl/N-ethyl adjacent to an activating group) is 1. The second-order valence-corrected chi connectivity index (χ2v) is 2.55. The number of amides is 1. The second-order valence-electron chi connectivity index (χ2n) is 2.55. The lowest BCUT2D eigenvalue weighted by Crippen LogP contribution is -2.37. The molecule has 0 rings (SSSR count). The summed E-state index contributed by atoms with van der Waals surface area (Å²) in [6.07, 6.45) is 6.07. The molecule has 0 aliphatic carbocycles. The first-order valence-corrected chi connectivity index (χ1v) is 4.12. The first-order valence-electron chi connectivity index (χ1n) is 4.12. The summed E-state index contributed by atoms with van der Waals surface area (Å²) in [5.41, 5.74) is 0. The molecular formula is C9H16N2O. The van der Waals surface area contributed by atoms with Gasteiger partial charge in [-0.3, -0.25) is 4.79 Å². The molecule has 0 radical (unpaired) electrons. The van der Waals surface area contributed by atoms with E-state index < -0.39 is 0 Å². The highest BCUT2D eigenvalue weighted by molar-refractivity contribution is 5.78. The lowest BCUT2D eigenvalue weighted by molar-refractivity contribution is -0.129. The molecule has 0 bridgehead atoms. The lowest BCUT2D eigenvalue weighted by Gasteiger charge is -2.18. The number of nitrogens with one attached hydrogen (secondary N) is 1. The Morgan fingerprint density at radius 3 is 2.75 bits per heavy atom. The Labute approximate surface area is 74.1 Å². The van der Waals surface area contributed by atoms with E-state index in [4.69, 9.17) is 6.42 Å². The topological polar surface area (TPSA) is 32.3 Å². The fourth-order valence-corrected chi connectivity index (χ4v) is 0.935. The van der Waals surface area contributed by atoms with Crippen LogP contribution in [0.3, 0.4) is 0 Å². The van der Waals surface area contributed by atoms with Crippen molar-refractivity contribution in [2.45, 2.75) is 13.3 Å². The summed E-state index contributed by atoms with van der Waals surface area (Å²) in [6.45, 7) is 3.54. The molecule has 0 fully saturated rings. The lowest BCUT2D eigenvalue weighted by atomic mass is 10.4. The third kappa shape index (κ3) is 3.99. The molecule has 0 spiro atoms. The Morgan fingerprint density at radius 2 is 2.33 bits per heavy atom. The molecule has 0 aromatic rings. The molecule has 0 saturated heterocycles. The van der Waals surface area contributed by atoms with E-state index in [0.717, 1.165) is 13.0 Å². The van der Waals surface area contributed by atoms with Crippen LogP contribution in [0, 0.1) is 12.3 Å². The standard InChI is InChI=1S/C9H16N2O/c1-4-6-11(7-5-2)9(12)8-10-3/h1,10H,5-8H2,2-3H3. The SMILES string of the molecule is C#CCN(CCC)C(=O)CNC. The Hall–Kier alpha value is -1.01. The van der Waals surface area contributed by atoms with E-state index in [1.54, 1.807) is 11.9 Å². The molecule has 0 aromatic carbocycles. The monoisotopic (exact) mass is 168 g/mol. The normalized spacial score (nSPS) is 9.08. The number of nitrogens with zero attached hydrogens (tertiary/aromatic N) is 1. The van der Waals surface area contributed by atoms with Crippen LogP contribution in [0.15, 0.2) is 0 Å². The van der Waals surface area contributed by atoms with Gasteiger partial charge in [0.05, 0.1) is 13.1 Å². The maximum Gasteiger partial charge on any atom is 0.237 e. The van der Waals surface area contributed by atoms with E-state index >= 15 is 0 Å². The van der Waals surface area contributed by atoms with E-state index in [9.17, 15) is 4.79 Å². The van der Waals surface area contributed by atoms with Crippen LogP contribution < -0.4 is 5.32 Å². The molecule has 0 unspecified atom stereocenters. The molecule has 68 valence electrons. The molecule has 0 atom stereocenters. The number of carbonyl (C=O) groups is 1. The average molecular weight is 168 g/mol. The maximum absolute atomic E-state index is 11.3. The van der Waals surface area contributed by atoms with Crippen molar-refractivity contribution in [1.29, 1.82) is 0 Å². The van der Waals surface area contributed by atoms with E-state index in [1.165, 1.54) is 0 Å². The zero-order chi connectivity index (χ0) is 9.40. The van der Waals surface area contributed by atoms with Gasteiger partial charge in [-0.25, -0.2) is 0 Å². The Bertz CT molecular complexity index is 172. The summed E-state index contributed by atoms with van der Waals surface area (Å²) in [7, 11) is 1.75. The largest absolute Gasteiger partial charge is 0.330 e.